The third-order valence-electron chi connectivity index (χ3n) is 4.34. The van der Waals surface area contributed by atoms with Crippen LogP contribution in [0.2, 0.25) is 0 Å². The predicted molar refractivity (Wildman–Crippen MR) is 102 cm³/mol. The first-order valence-corrected chi connectivity index (χ1v) is 9.09. The zero-order valence-corrected chi connectivity index (χ0v) is 15.6. The van der Waals surface area contributed by atoms with E-state index in [4.69, 9.17) is 4.74 Å². The Kier molecular flexibility index (Phi) is 4.08. The molecule has 4 aromatic rings. The van der Waals surface area contributed by atoms with Gasteiger partial charge in [-0.1, -0.05) is 0 Å². The molecule has 4 rings (SSSR count). The lowest BCUT2D eigenvalue weighted by atomic mass is 10.2. The van der Waals surface area contributed by atoms with Gasteiger partial charge in [-0.05, 0) is 38.1 Å². The number of nitrogens with zero attached hydrogens (tertiary/aromatic N) is 4. The second-order valence-corrected chi connectivity index (χ2v) is 7.19. The summed E-state index contributed by atoms with van der Waals surface area (Å²) in [7, 11) is 1.91. The highest BCUT2D eigenvalue weighted by Gasteiger charge is 2.08. The fourth-order valence-corrected chi connectivity index (χ4v) is 3.45. The van der Waals surface area contributed by atoms with Crippen molar-refractivity contribution in [2.24, 2.45) is 7.05 Å². The van der Waals surface area contributed by atoms with Crippen LogP contribution >= 0.6 is 11.3 Å². The molecule has 0 saturated carbocycles. The molecule has 0 saturated heterocycles. The van der Waals surface area contributed by atoms with Gasteiger partial charge in [0.2, 0.25) is 0 Å². The Balaban J connectivity index is 1.61. The molecule has 0 amide bonds. The van der Waals surface area contributed by atoms with Crippen LogP contribution in [0.4, 0.5) is 0 Å². The molecule has 0 bridgehead atoms. The van der Waals surface area contributed by atoms with Crippen LogP contribution in [-0.2, 0) is 13.7 Å². The Hall–Kier alpha value is -2.93. The van der Waals surface area contributed by atoms with Gasteiger partial charge in [-0.15, -0.1) is 11.3 Å². The van der Waals surface area contributed by atoms with Crippen molar-refractivity contribution in [1.29, 1.82) is 0 Å². The van der Waals surface area contributed by atoms with Gasteiger partial charge >= 0.3 is 0 Å². The molecular weight excluding hydrogens is 348 g/mol. The third-order valence-corrected chi connectivity index (χ3v) is 5.16. The van der Waals surface area contributed by atoms with Gasteiger partial charge in [0.25, 0.3) is 5.56 Å². The zero-order valence-electron chi connectivity index (χ0n) is 14.8. The van der Waals surface area contributed by atoms with Crippen molar-refractivity contribution in [2.45, 2.75) is 20.5 Å². The maximum atomic E-state index is 12.5. The maximum absolute atomic E-state index is 12.5. The van der Waals surface area contributed by atoms with Crippen LogP contribution in [0.15, 0.2) is 46.7 Å². The van der Waals surface area contributed by atoms with Crippen LogP contribution in [-0.4, -0.2) is 19.3 Å². The molecule has 0 fully saturated rings. The topological polar surface area (TPSA) is 61.9 Å². The molecular formula is C19H18N4O2S. The minimum absolute atomic E-state index is 0.141. The van der Waals surface area contributed by atoms with E-state index in [1.807, 2.05) is 49.2 Å². The Bertz CT molecular complexity index is 1160. The van der Waals surface area contributed by atoms with Gasteiger partial charge in [-0.2, -0.15) is 5.10 Å². The fraction of sp³-hybridized carbons (Fsp3) is 0.211. The van der Waals surface area contributed by atoms with Gasteiger partial charge in [0, 0.05) is 41.5 Å². The molecule has 0 radical (unpaired) electrons. The first kappa shape index (κ1) is 16.5. The first-order valence-electron chi connectivity index (χ1n) is 8.21. The highest BCUT2D eigenvalue weighted by molar-refractivity contribution is 7.09. The van der Waals surface area contributed by atoms with E-state index >= 15 is 0 Å². The Morgan fingerprint density at radius 2 is 2.04 bits per heavy atom. The van der Waals surface area contributed by atoms with Crippen molar-refractivity contribution < 1.29 is 4.74 Å². The molecule has 6 nitrogen and oxygen atoms in total. The van der Waals surface area contributed by atoms with Gasteiger partial charge in [-0.25, -0.2) is 4.98 Å². The lowest BCUT2D eigenvalue weighted by Gasteiger charge is -2.08. The molecule has 3 aromatic heterocycles. The van der Waals surface area contributed by atoms with Crippen LogP contribution in [0.1, 0.15) is 16.4 Å². The molecule has 132 valence electrons. The van der Waals surface area contributed by atoms with E-state index in [0.29, 0.717) is 12.4 Å². The van der Waals surface area contributed by atoms with E-state index in [-0.39, 0.29) is 5.56 Å². The SMILES string of the molecule is Cc1nc(COc2ccn(-c3ccc4nn(C)c(C)c4c3)c(=O)c2)cs1. The predicted octanol–water partition coefficient (Wildman–Crippen LogP) is 3.38. The molecule has 3 heterocycles. The summed E-state index contributed by atoms with van der Waals surface area (Å²) in [4.78, 5) is 16.9. The molecule has 0 aliphatic carbocycles. The standard InChI is InChI=1S/C19H18N4O2S/c1-12-17-8-15(4-5-18(17)21-22(12)3)23-7-6-16(9-19(23)24)25-10-14-11-26-13(2)20-14/h4-9,11H,10H2,1-3H3. The van der Waals surface area contributed by atoms with E-state index in [9.17, 15) is 4.79 Å². The molecule has 0 atom stereocenters. The van der Waals surface area contributed by atoms with E-state index in [1.165, 1.54) is 6.07 Å². The van der Waals surface area contributed by atoms with Crippen LogP contribution in [0.25, 0.3) is 16.6 Å². The van der Waals surface area contributed by atoms with Crippen molar-refractivity contribution in [2.75, 3.05) is 0 Å². The molecule has 26 heavy (non-hydrogen) atoms. The van der Waals surface area contributed by atoms with E-state index < -0.39 is 0 Å². The number of aromatic nitrogens is 4. The van der Waals surface area contributed by atoms with Crippen LogP contribution in [0.3, 0.4) is 0 Å². The monoisotopic (exact) mass is 366 g/mol. The minimum atomic E-state index is -0.141. The molecule has 0 N–H and O–H groups in total. The highest BCUT2D eigenvalue weighted by Crippen LogP contribution is 2.21. The second kappa shape index (κ2) is 6.42. The molecule has 0 aliphatic rings. The van der Waals surface area contributed by atoms with Gasteiger partial charge in [0.1, 0.15) is 12.4 Å². The van der Waals surface area contributed by atoms with Gasteiger partial charge < -0.3 is 4.74 Å². The molecule has 0 spiro atoms. The number of benzene rings is 1. The van der Waals surface area contributed by atoms with Crippen LogP contribution in [0, 0.1) is 13.8 Å². The number of ether oxygens (including phenoxy) is 1. The van der Waals surface area contributed by atoms with E-state index in [0.717, 1.165) is 33.0 Å². The Morgan fingerprint density at radius 1 is 1.19 bits per heavy atom. The van der Waals surface area contributed by atoms with Crippen molar-refractivity contribution in [3.63, 3.8) is 0 Å². The number of hydrogen-bond acceptors (Lipinski definition) is 5. The van der Waals surface area contributed by atoms with Crippen LogP contribution < -0.4 is 10.3 Å². The smallest absolute Gasteiger partial charge is 0.258 e. The van der Waals surface area contributed by atoms with Crippen molar-refractivity contribution in [1.82, 2.24) is 19.3 Å². The summed E-state index contributed by atoms with van der Waals surface area (Å²) in [5.41, 5.74) is 3.51. The summed E-state index contributed by atoms with van der Waals surface area (Å²) in [6.45, 7) is 4.32. The number of rotatable bonds is 4. The average molecular weight is 366 g/mol. The highest BCUT2D eigenvalue weighted by atomic mass is 32.1. The maximum Gasteiger partial charge on any atom is 0.258 e. The fourth-order valence-electron chi connectivity index (χ4n) is 2.86. The number of hydrogen-bond donors (Lipinski definition) is 0. The van der Waals surface area contributed by atoms with Gasteiger partial charge in [0.15, 0.2) is 0 Å². The number of fused-ring (bicyclic) bond motifs is 1. The lowest BCUT2D eigenvalue weighted by molar-refractivity contribution is 0.301. The van der Waals surface area contributed by atoms with Crippen molar-refractivity contribution >= 4 is 22.2 Å². The average Bonchev–Trinajstić information content (AvgIpc) is 3.16. The lowest BCUT2D eigenvalue weighted by Crippen LogP contribution is -2.16. The summed E-state index contributed by atoms with van der Waals surface area (Å²) < 4.78 is 9.13. The van der Waals surface area contributed by atoms with Crippen LogP contribution in [0.5, 0.6) is 5.75 Å². The molecule has 0 unspecified atom stereocenters. The minimum Gasteiger partial charge on any atom is -0.487 e. The molecule has 1 aromatic carbocycles. The molecule has 0 aliphatic heterocycles. The quantitative estimate of drug-likeness (QED) is 0.555. The van der Waals surface area contributed by atoms with Gasteiger partial charge in [0.05, 0.1) is 16.2 Å². The summed E-state index contributed by atoms with van der Waals surface area (Å²) in [6, 6.07) is 9.10. The van der Waals surface area contributed by atoms with E-state index in [2.05, 4.69) is 10.1 Å². The summed E-state index contributed by atoms with van der Waals surface area (Å²) >= 11 is 1.58. The number of pyridine rings is 1. The van der Waals surface area contributed by atoms with Crippen molar-refractivity contribution in [3.8, 4) is 11.4 Å². The van der Waals surface area contributed by atoms with E-state index in [1.54, 1.807) is 28.2 Å². The summed E-state index contributed by atoms with van der Waals surface area (Å²) in [5.74, 6) is 0.538. The number of aryl methyl sites for hydroxylation is 3. The molecule has 7 heteroatoms. The second-order valence-electron chi connectivity index (χ2n) is 6.13. The Morgan fingerprint density at radius 3 is 2.77 bits per heavy atom. The normalized spacial score (nSPS) is 11.2. The Labute approximate surface area is 154 Å². The number of thiazole rings is 1. The largest absolute Gasteiger partial charge is 0.487 e. The van der Waals surface area contributed by atoms with Crippen molar-refractivity contribution in [3.05, 3.63) is 68.7 Å². The summed E-state index contributed by atoms with van der Waals surface area (Å²) in [5, 5.41) is 8.44. The van der Waals surface area contributed by atoms with Gasteiger partial charge in [-0.3, -0.25) is 14.0 Å². The zero-order chi connectivity index (χ0) is 18.3. The summed E-state index contributed by atoms with van der Waals surface area (Å²) in [6.07, 6.45) is 1.73. The third kappa shape index (κ3) is 3.01. The first-order chi connectivity index (χ1) is 12.5.